The number of hydrogen-bond donors (Lipinski definition) is 4. The van der Waals surface area contributed by atoms with Crippen molar-refractivity contribution in [3.63, 3.8) is 0 Å². The van der Waals surface area contributed by atoms with E-state index in [9.17, 15) is 14.7 Å². The molecule has 2 unspecified atom stereocenters. The minimum Gasteiger partial charge on any atom is -0.504 e. The Morgan fingerprint density at radius 2 is 1.83 bits per heavy atom. The van der Waals surface area contributed by atoms with Crippen molar-refractivity contribution in [3.8, 4) is 11.5 Å². The van der Waals surface area contributed by atoms with Crippen LogP contribution in [0, 0.1) is 0 Å². The highest BCUT2D eigenvalue weighted by molar-refractivity contribution is 6.00. The number of methoxy groups -OCH3 is 1. The second-order valence-corrected chi connectivity index (χ2v) is 8.63. The quantitative estimate of drug-likeness (QED) is 0.356. The van der Waals surface area contributed by atoms with E-state index in [4.69, 9.17) is 10.5 Å². The average Bonchev–Trinajstić information content (AvgIpc) is 3.60. The van der Waals surface area contributed by atoms with Crippen LogP contribution in [0.15, 0.2) is 78.9 Å². The first kappa shape index (κ1) is 24.0. The molecule has 7 nitrogen and oxygen atoms in total. The Balaban J connectivity index is 1.44. The Kier molecular flexibility index (Phi) is 7.48. The van der Waals surface area contributed by atoms with Crippen molar-refractivity contribution in [2.75, 3.05) is 12.4 Å². The summed E-state index contributed by atoms with van der Waals surface area (Å²) < 4.78 is 5.10. The standard InChI is InChI=1S/C28H29N3O4/c1-35-26-16-19(7-13-25(26)32)8-14-27(33)31-24(15-18-5-3-2-4-6-18)28(34)30-21-11-9-20(10-12-21)22-17-23(22)29/h2-14,16,22-24,32H,15,17,29H2,1H3,(H,30,34)(H,31,33)/b14-8+/t22?,23?,24-/m0/s1. The largest absolute Gasteiger partial charge is 0.504 e. The van der Waals surface area contributed by atoms with E-state index in [1.54, 1.807) is 18.2 Å². The predicted molar refractivity (Wildman–Crippen MR) is 136 cm³/mol. The summed E-state index contributed by atoms with van der Waals surface area (Å²) in [6.45, 7) is 0. The van der Waals surface area contributed by atoms with Crippen LogP contribution in [0.2, 0.25) is 0 Å². The zero-order valence-electron chi connectivity index (χ0n) is 19.5. The molecule has 1 fully saturated rings. The first-order valence-electron chi connectivity index (χ1n) is 11.5. The SMILES string of the molecule is COc1cc(/C=C/C(=O)N[C@@H](Cc2ccccc2)C(=O)Nc2ccc(C3CC3N)cc2)ccc1O. The molecule has 3 aromatic rings. The molecule has 3 aromatic carbocycles. The van der Waals surface area contributed by atoms with Gasteiger partial charge in [-0.15, -0.1) is 0 Å². The first-order valence-corrected chi connectivity index (χ1v) is 11.5. The van der Waals surface area contributed by atoms with Crippen molar-refractivity contribution < 1.29 is 19.4 Å². The van der Waals surface area contributed by atoms with Crippen molar-refractivity contribution in [2.45, 2.75) is 30.8 Å². The molecule has 0 radical (unpaired) electrons. The van der Waals surface area contributed by atoms with E-state index in [-0.39, 0.29) is 17.7 Å². The molecule has 0 bridgehead atoms. The summed E-state index contributed by atoms with van der Waals surface area (Å²) in [5.74, 6) is -0.000499. The molecule has 4 rings (SSSR count). The molecule has 1 aliphatic rings. The zero-order valence-corrected chi connectivity index (χ0v) is 19.5. The molecular weight excluding hydrogens is 442 g/mol. The van der Waals surface area contributed by atoms with Gasteiger partial charge in [0.25, 0.3) is 0 Å². The Morgan fingerprint density at radius 3 is 2.49 bits per heavy atom. The molecule has 35 heavy (non-hydrogen) atoms. The molecule has 5 N–H and O–H groups in total. The molecule has 7 heteroatoms. The van der Waals surface area contributed by atoms with Crippen LogP contribution in [0.25, 0.3) is 6.08 Å². The fraction of sp³-hybridized carbons (Fsp3) is 0.214. The minimum atomic E-state index is -0.777. The van der Waals surface area contributed by atoms with Crippen LogP contribution in [0.1, 0.15) is 29.0 Å². The van der Waals surface area contributed by atoms with Gasteiger partial charge in [0.15, 0.2) is 11.5 Å². The fourth-order valence-corrected chi connectivity index (χ4v) is 3.89. The van der Waals surface area contributed by atoms with Crippen molar-refractivity contribution >= 4 is 23.6 Å². The van der Waals surface area contributed by atoms with E-state index < -0.39 is 11.9 Å². The topological polar surface area (TPSA) is 114 Å². The number of nitrogens with one attached hydrogen (secondary N) is 2. The number of aromatic hydroxyl groups is 1. The Morgan fingerprint density at radius 1 is 1.11 bits per heavy atom. The predicted octanol–water partition coefficient (Wildman–Crippen LogP) is 3.59. The van der Waals surface area contributed by atoms with E-state index in [1.165, 1.54) is 24.8 Å². The molecule has 0 saturated heterocycles. The van der Waals surface area contributed by atoms with Gasteiger partial charge in [0, 0.05) is 30.1 Å². The molecule has 3 atom stereocenters. The maximum Gasteiger partial charge on any atom is 0.247 e. The summed E-state index contributed by atoms with van der Waals surface area (Å²) in [7, 11) is 1.45. The third kappa shape index (κ3) is 6.49. The lowest BCUT2D eigenvalue weighted by atomic mass is 10.0. The van der Waals surface area contributed by atoms with Gasteiger partial charge in [-0.2, -0.15) is 0 Å². The average molecular weight is 472 g/mol. The van der Waals surface area contributed by atoms with E-state index in [2.05, 4.69) is 10.6 Å². The summed E-state index contributed by atoms with van der Waals surface area (Å²) in [6, 6.07) is 21.4. The number of rotatable bonds is 9. The van der Waals surface area contributed by atoms with Crippen LogP contribution in [-0.2, 0) is 16.0 Å². The molecule has 1 saturated carbocycles. The highest BCUT2D eigenvalue weighted by Gasteiger charge is 2.34. The van der Waals surface area contributed by atoms with Crippen molar-refractivity contribution in [1.82, 2.24) is 5.32 Å². The Hall–Kier alpha value is -4.10. The second-order valence-electron chi connectivity index (χ2n) is 8.63. The van der Waals surface area contributed by atoms with Gasteiger partial charge in [-0.25, -0.2) is 0 Å². The molecule has 2 amide bonds. The number of phenols is 1. The minimum absolute atomic E-state index is 0.0155. The van der Waals surface area contributed by atoms with E-state index >= 15 is 0 Å². The van der Waals surface area contributed by atoms with E-state index in [1.807, 2.05) is 54.6 Å². The molecule has 0 spiro atoms. The van der Waals surface area contributed by atoms with Gasteiger partial charge in [0.1, 0.15) is 6.04 Å². The van der Waals surface area contributed by atoms with Gasteiger partial charge in [0.2, 0.25) is 11.8 Å². The van der Waals surface area contributed by atoms with Crippen LogP contribution in [0.3, 0.4) is 0 Å². The van der Waals surface area contributed by atoms with Crippen LogP contribution in [-0.4, -0.2) is 36.1 Å². The number of anilines is 1. The fourth-order valence-electron chi connectivity index (χ4n) is 3.89. The van der Waals surface area contributed by atoms with Gasteiger partial charge in [-0.05, 0) is 53.5 Å². The maximum absolute atomic E-state index is 13.1. The highest BCUT2D eigenvalue weighted by Crippen LogP contribution is 2.39. The normalized spacial score (nSPS) is 17.5. The monoisotopic (exact) mass is 471 g/mol. The number of carbonyl (C=O) groups excluding carboxylic acids is 2. The summed E-state index contributed by atoms with van der Waals surface area (Å²) in [4.78, 5) is 25.8. The first-order chi connectivity index (χ1) is 16.9. The third-order valence-corrected chi connectivity index (χ3v) is 5.99. The summed E-state index contributed by atoms with van der Waals surface area (Å²) >= 11 is 0. The van der Waals surface area contributed by atoms with Gasteiger partial charge in [0.05, 0.1) is 7.11 Å². The lowest BCUT2D eigenvalue weighted by Crippen LogP contribution is -2.44. The second kappa shape index (κ2) is 10.9. The number of nitrogens with two attached hydrogens (primary N) is 1. The number of benzene rings is 3. The van der Waals surface area contributed by atoms with E-state index in [0.717, 1.165) is 12.0 Å². The summed E-state index contributed by atoms with van der Waals surface area (Å²) in [5.41, 5.74) is 9.36. The number of carbonyl (C=O) groups is 2. The highest BCUT2D eigenvalue weighted by atomic mass is 16.5. The van der Waals surface area contributed by atoms with Crippen molar-refractivity contribution in [3.05, 3.63) is 95.6 Å². The summed E-state index contributed by atoms with van der Waals surface area (Å²) in [5, 5.41) is 15.4. The van der Waals surface area contributed by atoms with Gasteiger partial charge in [-0.3, -0.25) is 9.59 Å². The van der Waals surface area contributed by atoms with E-state index in [0.29, 0.717) is 29.3 Å². The van der Waals surface area contributed by atoms with Crippen LogP contribution in [0.4, 0.5) is 5.69 Å². The lowest BCUT2D eigenvalue weighted by molar-refractivity contribution is -0.123. The summed E-state index contributed by atoms with van der Waals surface area (Å²) in [6.07, 6.45) is 4.27. The Labute approximate surface area is 204 Å². The number of ether oxygens (including phenoxy) is 1. The maximum atomic E-state index is 13.1. The van der Waals surface area contributed by atoms with Crippen LogP contribution in [0.5, 0.6) is 11.5 Å². The van der Waals surface area contributed by atoms with Gasteiger partial charge in [-0.1, -0.05) is 48.5 Å². The molecule has 0 heterocycles. The third-order valence-electron chi connectivity index (χ3n) is 5.99. The lowest BCUT2D eigenvalue weighted by Gasteiger charge is -2.18. The molecule has 1 aliphatic carbocycles. The van der Waals surface area contributed by atoms with Crippen molar-refractivity contribution in [2.24, 2.45) is 5.73 Å². The van der Waals surface area contributed by atoms with Crippen LogP contribution < -0.4 is 21.1 Å². The number of hydrogen-bond acceptors (Lipinski definition) is 5. The van der Waals surface area contributed by atoms with Gasteiger partial charge >= 0.3 is 0 Å². The number of phenolic OH excluding ortho intramolecular Hbond substituents is 1. The zero-order chi connectivity index (χ0) is 24.8. The molecule has 0 aromatic heterocycles. The smallest absolute Gasteiger partial charge is 0.247 e. The molecule has 180 valence electrons. The number of amides is 2. The Bertz CT molecular complexity index is 1210. The molecular formula is C28H29N3O4. The van der Waals surface area contributed by atoms with Crippen molar-refractivity contribution in [1.29, 1.82) is 0 Å². The van der Waals surface area contributed by atoms with Gasteiger partial charge < -0.3 is 26.2 Å². The molecule has 0 aliphatic heterocycles. The van der Waals surface area contributed by atoms with Crippen LogP contribution >= 0.6 is 0 Å².